The van der Waals surface area contributed by atoms with Crippen LogP contribution in [0.4, 0.5) is 11.4 Å². The van der Waals surface area contributed by atoms with Gasteiger partial charge in [-0.05, 0) is 37.5 Å². The van der Waals surface area contributed by atoms with Crippen molar-refractivity contribution in [3.8, 4) is 0 Å². The van der Waals surface area contributed by atoms with E-state index in [1.807, 2.05) is 18.2 Å². The molecule has 1 heterocycles. The van der Waals surface area contributed by atoms with Crippen molar-refractivity contribution in [3.05, 3.63) is 35.4 Å². The second-order valence-corrected chi connectivity index (χ2v) is 6.17. The molecule has 0 saturated carbocycles. The molecule has 0 aromatic heterocycles. The maximum atomic E-state index is 12.5. The van der Waals surface area contributed by atoms with Gasteiger partial charge in [0, 0.05) is 24.0 Å². The standard InChI is InChI=1S/C17H21ClN2O2/c18-14-6-7-16(20-8-10-22-11-9-20)15(12-14)19-17(21)13-4-2-1-3-5-13/h1-2,6-7,12-13H,3-5,8-11H2,(H,19,21)/t13-/m1/s1. The van der Waals surface area contributed by atoms with Crippen LogP contribution in [0.3, 0.4) is 0 Å². The third-order valence-electron chi connectivity index (χ3n) is 4.21. The quantitative estimate of drug-likeness (QED) is 0.867. The molecule has 1 aromatic carbocycles. The van der Waals surface area contributed by atoms with E-state index < -0.39 is 0 Å². The Kier molecular flexibility index (Phi) is 5.01. The van der Waals surface area contributed by atoms with Crippen LogP contribution in [0.1, 0.15) is 19.3 Å². The van der Waals surface area contributed by atoms with Gasteiger partial charge in [-0.2, -0.15) is 0 Å². The van der Waals surface area contributed by atoms with Crippen LogP contribution in [0.5, 0.6) is 0 Å². The van der Waals surface area contributed by atoms with Crippen molar-refractivity contribution in [1.29, 1.82) is 0 Å². The van der Waals surface area contributed by atoms with Gasteiger partial charge < -0.3 is 15.0 Å². The molecule has 0 unspecified atom stereocenters. The van der Waals surface area contributed by atoms with E-state index in [0.717, 1.165) is 43.7 Å². The number of hydrogen-bond acceptors (Lipinski definition) is 3. The normalized spacial score (nSPS) is 21.7. The fourth-order valence-corrected chi connectivity index (χ4v) is 3.13. The monoisotopic (exact) mass is 320 g/mol. The van der Waals surface area contributed by atoms with Gasteiger partial charge in [0.25, 0.3) is 0 Å². The van der Waals surface area contributed by atoms with Crippen LogP contribution in [0.15, 0.2) is 30.4 Å². The minimum atomic E-state index is 0.0570. The van der Waals surface area contributed by atoms with E-state index in [1.54, 1.807) is 0 Å². The summed E-state index contributed by atoms with van der Waals surface area (Å²) in [4.78, 5) is 14.7. The first-order chi connectivity index (χ1) is 10.7. The highest BCUT2D eigenvalue weighted by Crippen LogP contribution is 2.31. The zero-order valence-corrected chi connectivity index (χ0v) is 13.3. The first-order valence-electron chi connectivity index (χ1n) is 7.82. The lowest BCUT2D eigenvalue weighted by atomic mass is 9.93. The fraction of sp³-hybridized carbons (Fsp3) is 0.471. The summed E-state index contributed by atoms with van der Waals surface area (Å²) in [5, 5.41) is 3.71. The Morgan fingerprint density at radius 1 is 1.27 bits per heavy atom. The van der Waals surface area contributed by atoms with Gasteiger partial charge >= 0.3 is 0 Å². The van der Waals surface area contributed by atoms with E-state index >= 15 is 0 Å². The van der Waals surface area contributed by atoms with Crippen molar-refractivity contribution in [2.24, 2.45) is 5.92 Å². The summed E-state index contributed by atoms with van der Waals surface area (Å²) in [6, 6.07) is 5.68. The van der Waals surface area contributed by atoms with Gasteiger partial charge in [0.1, 0.15) is 0 Å². The van der Waals surface area contributed by atoms with Crippen LogP contribution in [-0.2, 0) is 9.53 Å². The van der Waals surface area contributed by atoms with Crippen LogP contribution in [-0.4, -0.2) is 32.2 Å². The predicted molar refractivity (Wildman–Crippen MR) is 89.6 cm³/mol. The lowest BCUT2D eigenvalue weighted by Crippen LogP contribution is -2.37. The number of ether oxygens (including phenoxy) is 1. The molecule has 5 heteroatoms. The summed E-state index contributed by atoms with van der Waals surface area (Å²) in [5.41, 5.74) is 1.82. The fourth-order valence-electron chi connectivity index (χ4n) is 2.95. The maximum Gasteiger partial charge on any atom is 0.227 e. The molecule has 1 saturated heterocycles. The van der Waals surface area contributed by atoms with E-state index in [0.29, 0.717) is 18.2 Å². The summed E-state index contributed by atoms with van der Waals surface area (Å²) in [7, 11) is 0. The largest absolute Gasteiger partial charge is 0.378 e. The molecule has 1 aliphatic heterocycles. The third kappa shape index (κ3) is 3.62. The minimum Gasteiger partial charge on any atom is -0.378 e. The minimum absolute atomic E-state index is 0.0570. The summed E-state index contributed by atoms with van der Waals surface area (Å²) < 4.78 is 5.40. The smallest absolute Gasteiger partial charge is 0.227 e. The van der Waals surface area contributed by atoms with Gasteiger partial charge in [0.2, 0.25) is 5.91 Å². The number of allylic oxidation sites excluding steroid dienone is 2. The average molecular weight is 321 g/mol. The van der Waals surface area contributed by atoms with Crippen molar-refractivity contribution >= 4 is 28.9 Å². The Balaban J connectivity index is 1.77. The molecule has 0 bridgehead atoms. The van der Waals surface area contributed by atoms with E-state index in [-0.39, 0.29) is 11.8 Å². The molecule has 22 heavy (non-hydrogen) atoms. The van der Waals surface area contributed by atoms with Gasteiger partial charge in [0.15, 0.2) is 0 Å². The number of morpholine rings is 1. The highest BCUT2D eigenvalue weighted by Gasteiger charge is 2.21. The molecule has 1 N–H and O–H groups in total. The second-order valence-electron chi connectivity index (χ2n) is 5.73. The number of hydrogen-bond donors (Lipinski definition) is 1. The molecule has 1 aromatic rings. The topological polar surface area (TPSA) is 41.6 Å². The van der Waals surface area contributed by atoms with Gasteiger partial charge in [-0.25, -0.2) is 0 Å². The van der Waals surface area contributed by atoms with Crippen LogP contribution < -0.4 is 10.2 Å². The van der Waals surface area contributed by atoms with Crippen molar-refractivity contribution < 1.29 is 9.53 Å². The Bertz CT molecular complexity index is 568. The van der Waals surface area contributed by atoms with Crippen LogP contribution >= 0.6 is 11.6 Å². The van der Waals surface area contributed by atoms with Crippen molar-refractivity contribution in [2.75, 3.05) is 36.5 Å². The lowest BCUT2D eigenvalue weighted by Gasteiger charge is -2.31. The Hall–Kier alpha value is -1.52. The molecule has 1 amide bonds. The summed E-state index contributed by atoms with van der Waals surface area (Å²) in [6.45, 7) is 3.08. The number of carbonyl (C=O) groups excluding carboxylic acids is 1. The number of nitrogens with one attached hydrogen (secondary N) is 1. The number of halogens is 1. The van der Waals surface area contributed by atoms with Gasteiger partial charge in [-0.15, -0.1) is 0 Å². The number of amides is 1. The van der Waals surface area contributed by atoms with Crippen molar-refractivity contribution in [1.82, 2.24) is 0 Å². The van der Waals surface area contributed by atoms with E-state index in [4.69, 9.17) is 16.3 Å². The molecular formula is C17H21ClN2O2. The Morgan fingerprint density at radius 2 is 2.09 bits per heavy atom. The second kappa shape index (κ2) is 7.16. The molecule has 2 aliphatic rings. The number of anilines is 2. The molecule has 1 atom stereocenters. The van der Waals surface area contributed by atoms with Gasteiger partial charge in [0.05, 0.1) is 24.6 Å². The number of carbonyl (C=O) groups is 1. The predicted octanol–water partition coefficient (Wildman–Crippen LogP) is 3.47. The van der Waals surface area contributed by atoms with Crippen LogP contribution in [0, 0.1) is 5.92 Å². The number of nitrogens with zero attached hydrogens (tertiary/aromatic N) is 1. The summed E-state index contributed by atoms with van der Waals surface area (Å²) in [5.74, 6) is 0.141. The molecule has 0 radical (unpaired) electrons. The molecule has 0 spiro atoms. The highest BCUT2D eigenvalue weighted by molar-refractivity contribution is 6.31. The van der Waals surface area contributed by atoms with Crippen LogP contribution in [0.25, 0.3) is 0 Å². The van der Waals surface area contributed by atoms with Gasteiger partial charge in [-0.1, -0.05) is 23.8 Å². The molecule has 1 fully saturated rings. The molecule has 118 valence electrons. The van der Waals surface area contributed by atoms with Crippen molar-refractivity contribution in [3.63, 3.8) is 0 Å². The highest BCUT2D eigenvalue weighted by atomic mass is 35.5. The Labute approximate surface area is 136 Å². The maximum absolute atomic E-state index is 12.5. The SMILES string of the molecule is O=C(Nc1cc(Cl)ccc1N1CCOCC1)[C@@H]1CC=CCC1. The summed E-state index contributed by atoms with van der Waals surface area (Å²) >= 11 is 6.12. The Morgan fingerprint density at radius 3 is 2.82 bits per heavy atom. The third-order valence-corrected chi connectivity index (χ3v) is 4.44. The first kappa shape index (κ1) is 15.4. The molecule has 4 nitrogen and oxygen atoms in total. The summed E-state index contributed by atoms with van der Waals surface area (Å²) in [6.07, 6.45) is 6.94. The van der Waals surface area contributed by atoms with E-state index in [2.05, 4.69) is 22.4 Å². The average Bonchev–Trinajstić information content (AvgIpc) is 2.56. The molecule has 1 aliphatic carbocycles. The molecule has 3 rings (SSSR count). The number of rotatable bonds is 3. The number of benzene rings is 1. The zero-order chi connectivity index (χ0) is 15.4. The lowest BCUT2D eigenvalue weighted by molar-refractivity contribution is -0.120. The van der Waals surface area contributed by atoms with Crippen molar-refractivity contribution in [2.45, 2.75) is 19.3 Å². The molecular weight excluding hydrogens is 300 g/mol. The van der Waals surface area contributed by atoms with Crippen LogP contribution in [0.2, 0.25) is 5.02 Å². The zero-order valence-electron chi connectivity index (χ0n) is 12.6. The van der Waals surface area contributed by atoms with Gasteiger partial charge in [-0.3, -0.25) is 4.79 Å². The van der Waals surface area contributed by atoms with E-state index in [9.17, 15) is 4.79 Å². The first-order valence-corrected chi connectivity index (χ1v) is 8.20. The van der Waals surface area contributed by atoms with E-state index in [1.165, 1.54) is 0 Å².